The van der Waals surface area contributed by atoms with Gasteiger partial charge in [-0.1, -0.05) is 60.4 Å². The van der Waals surface area contributed by atoms with E-state index in [1.807, 2.05) is 44.2 Å². The summed E-state index contributed by atoms with van der Waals surface area (Å²) < 4.78 is 0.899. The minimum absolute atomic E-state index is 0.607. The third-order valence-corrected chi connectivity index (χ3v) is 5.00. The van der Waals surface area contributed by atoms with E-state index in [1.165, 1.54) is 0 Å². The number of nitrogens with one attached hydrogen (secondary N) is 1. The van der Waals surface area contributed by atoms with Crippen molar-refractivity contribution in [1.82, 2.24) is 15.5 Å². The average molecular weight is 304 g/mol. The van der Waals surface area contributed by atoms with Crippen LogP contribution >= 0.6 is 23.1 Å². The number of aryl methyl sites for hydroxylation is 1. The van der Waals surface area contributed by atoms with Crippen LogP contribution in [0.1, 0.15) is 17.5 Å². The van der Waals surface area contributed by atoms with Crippen LogP contribution in [0.3, 0.4) is 0 Å². The number of hydrogen-bond acceptors (Lipinski definition) is 6. The molecule has 1 N–H and O–H groups in total. The Labute approximate surface area is 127 Å². The Kier molecular flexibility index (Phi) is 5.12. The normalized spacial score (nSPS) is 13.7. The fourth-order valence-electron chi connectivity index (χ4n) is 1.90. The van der Waals surface area contributed by atoms with Crippen molar-refractivity contribution < 1.29 is 0 Å². The summed E-state index contributed by atoms with van der Waals surface area (Å²) in [6.07, 6.45) is 0. The van der Waals surface area contributed by atoms with Gasteiger partial charge in [0.15, 0.2) is 4.34 Å². The van der Waals surface area contributed by atoms with E-state index in [-0.39, 0.29) is 0 Å². The summed E-state index contributed by atoms with van der Waals surface area (Å²) in [6, 6.07) is 12.3. The van der Waals surface area contributed by atoms with Crippen LogP contribution in [0, 0.1) is 18.3 Å². The lowest BCUT2D eigenvalue weighted by Gasteiger charge is -2.27. The molecule has 0 saturated carbocycles. The number of nitriles is 1. The molecule has 1 aromatic heterocycles. The zero-order chi connectivity index (χ0) is 14.4. The van der Waals surface area contributed by atoms with Crippen LogP contribution < -0.4 is 5.32 Å². The van der Waals surface area contributed by atoms with E-state index in [2.05, 4.69) is 21.6 Å². The van der Waals surface area contributed by atoms with Crippen LogP contribution in [0.4, 0.5) is 0 Å². The van der Waals surface area contributed by atoms with Crippen LogP contribution in [-0.4, -0.2) is 22.5 Å². The van der Waals surface area contributed by atoms with Gasteiger partial charge in [-0.05, 0) is 19.0 Å². The number of hydrogen-bond donors (Lipinski definition) is 1. The molecule has 6 heteroatoms. The molecule has 1 unspecified atom stereocenters. The first-order chi connectivity index (χ1) is 9.70. The van der Waals surface area contributed by atoms with Crippen LogP contribution in [-0.2, 0) is 5.54 Å². The lowest BCUT2D eigenvalue weighted by Crippen LogP contribution is -2.43. The second-order valence-electron chi connectivity index (χ2n) is 4.29. The van der Waals surface area contributed by atoms with Crippen LogP contribution in [0.5, 0.6) is 0 Å². The van der Waals surface area contributed by atoms with Crippen molar-refractivity contribution in [3.63, 3.8) is 0 Å². The summed E-state index contributed by atoms with van der Waals surface area (Å²) in [7, 11) is 0. The molecule has 1 aromatic carbocycles. The highest BCUT2D eigenvalue weighted by Crippen LogP contribution is 2.30. The molecule has 0 saturated heterocycles. The summed E-state index contributed by atoms with van der Waals surface area (Å²) in [6.45, 7) is 4.67. The zero-order valence-electron chi connectivity index (χ0n) is 11.5. The smallest absolute Gasteiger partial charge is 0.174 e. The summed E-state index contributed by atoms with van der Waals surface area (Å²) in [5, 5.41) is 22.0. The standard InChI is InChI=1S/C14H16N4S2/c1-3-16-14(9-15,12-7-5-4-6-8-12)10-19-13-18-17-11(2)20-13/h4-8,16H,3,10H2,1-2H3. The van der Waals surface area contributed by atoms with E-state index in [1.54, 1.807) is 23.1 Å². The Bertz CT molecular complexity index is 591. The topological polar surface area (TPSA) is 61.6 Å². The van der Waals surface area contributed by atoms with E-state index in [4.69, 9.17) is 0 Å². The SMILES string of the molecule is CCNC(C#N)(CSc1nnc(C)s1)c1ccccc1. The van der Waals surface area contributed by atoms with E-state index in [0.29, 0.717) is 5.75 Å². The maximum Gasteiger partial charge on any atom is 0.174 e. The number of aromatic nitrogens is 2. The predicted octanol–water partition coefficient (Wildman–Crippen LogP) is 2.97. The van der Waals surface area contributed by atoms with Crippen molar-refractivity contribution in [3.05, 3.63) is 40.9 Å². The molecule has 0 fully saturated rings. The lowest BCUT2D eigenvalue weighted by molar-refractivity contribution is 0.490. The zero-order valence-corrected chi connectivity index (χ0v) is 13.1. The maximum absolute atomic E-state index is 9.69. The first-order valence-electron chi connectivity index (χ1n) is 6.35. The molecule has 4 nitrogen and oxygen atoms in total. The van der Waals surface area contributed by atoms with Crippen molar-refractivity contribution in [2.75, 3.05) is 12.3 Å². The number of rotatable bonds is 6. The molecule has 2 aromatic rings. The fourth-order valence-corrected chi connectivity index (χ4v) is 3.87. The minimum Gasteiger partial charge on any atom is -0.295 e. The molecule has 0 aliphatic rings. The molecule has 0 bridgehead atoms. The van der Waals surface area contributed by atoms with Gasteiger partial charge in [-0.2, -0.15) is 5.26 Å². The lowest BCUT2D eigenvalue weighted by atomic mass is 9.93. The second kappa shape index (κ2) is 6.84. The van der Waals surface area contributed by atoms with Crippen molar-refractivity contribution in [3.8, 4) is 6.07 Å². The van der Waals surface area contributed by atoms with Crippen molar-refractivity contribution >= 4 is 23.1 Å². The minimum atomic E-state index is -0.694. The number of thioether (sulfide) groups is 1. The summed E-state index contributed by atoms with van der Waals surface area (Å²) in [5.41, 5.74) is 0.290. The molecule has 0 spiro atoms. The van der Waals surface area contributed by atoms with Crippen molar-refractivity contribution in [1.29, 1.82) is 5.26 Å². The highest BCUT2D eigenvalue weighted by Gasteiger charge is 2.31. The summed E-state index contributed by atoms with van der Waals surface area (Å²) in [4.78, 5) is 0. The summed E-state index contributed by atoms with van der Waals surface area (Å²) >= 11 is 3.12. The number of benzene rings is 1. The van der Waals surface area contributed by atoms with Gasteiger partial charge in [-0.15, -0.1) is 10.2 Å². The first-order valence-corrected chi connectivity index (χ1v) is 8.15. The molecule has 0 amide bonds. The van der Waals surface area contributed by atoms with Gasteiger partial charge in [0.1, 0.15) is 10.5 Å². The van der Waals surface area contributed by atoms with E-state index < -0.39 is 5.54 Å². The fraction of sp³-hybridized carbons (Fsp3) is 0.357. The Morgan fingerprint density at radius 2 is 2.10 bits per heavy atom. The molecule has 0 aliphatic heterocycles. The molecular weight excluding hydrogens is 288 g/mol. The predicted molar refractivity (Wildman–Crippen MR) is 82.8 cm³/mol. The Morgan fingerprint density at radius 1 is 1.35 bits per heavy atom. The molecule has 104 valence electrons. The van der Waals surface area contributed by atoms with Gasteiger partial charge >= 0.3 is 0 Å². The molecule has 20 heavy (non-hydrogen) atoms. The molecule has 1 heterocycles. The second-order valence-corrected chi connectivity index (χ2v) is 6.69. The third kappa shape index (κ3) is 3.37. The quantitative estimate of drug-likeness (QED) is 0.831. The van der Waals surface area contributed by atoms with Crippen molar-refractivity contribution in [2.24, 2.45) is 0 Å². The maximum atomic E-state index is 9.69. The molecule has 2 rings (SSSR count). The van der Waals surface area contributed by atoms with Gasteiger partial charge in [0.2, 0.25) is 0 Å². The monoisotopic (exact) mass is 304 g/mol. The number of nitrogens with zero attached hydrogens (tertiary/aromatic N) is 3. The van der Waals surface area contributed by atoms with Crippen LogP contribution in [0.2, 0.25) is 0 Å². The highest BCUT2D eigenvalue weighted by molar-refractivity contribution is 8.01. The van der Waals surface area contributed by atoms with Crippen LogP contribution in [0.15, 0.2) is 34.7 Å². The molecule has 0 radical (unpaired) electrons. The molecule has 0 aliphatic carbocycles. The highest BCUT2D eigenvalue weighted by atomic mass is 32.2. The summed E-state index contributed by atoms with van der Waals surface area (Å²) in [5.74, 6) is 0.607. The third-order valence-electron chi connectivity index (χ3n) is 2.86. The average Bonchev–Trinajstić information content (AvgIpc) is 2.90. The largest absolute Gasteiger partial charge is 0.295 e. The van der Waals surface area contributed by atoms with Gasteiger partial charge in [0.25, 0.3) is 0 Å². The van der Waals surface area contributed by atoms with Gasteiger partial charge < -0.3 is 0 Å². The van der Waals surface area contributed by atoms with E-state index in [0.717, 1.165) is 21.5 Å². The molecule has 1 atom stereocenters. The van der Waals surface area contributed by atoms with Gasteiger partial charge in [-0.3, -0.25) is 5.32 Å². The Balaban J connectivity index is 2.21. The molecular formula is C14H16N4S2. The van der Waals surface area contributed by atoms with Gasteiger partial charge in [-0.25, -0.2) is 0 Å². The Morgan fingerprint density at radius 3 is 2.65 bits per heavy atom. The van der Waals surface area contributed by atoms with E-state index >= 15 is 0 Å². The van der Waals surface area contributed by atoms with Gasteiger partial charge in [0.05, 0.1) is 6.07 Å². The van der Waals surface area contributed by atoms with E-state index in [9.17, 15) is 5.26 Å². The first kappa shape index (κ1) is 15.0. The van der Waals surface area contributed by atoms with Crippen molar-refractivity contribution in [2.45, 2.75) is 23.7 Å². The van der Waals surface area contributed by atoms with Crippen LogP contribution in [0.25, 0.3) is 0 Å². The Hall–Kier alpha value is -1.42. The van der Waals surface area contributed by atoms with Gasteiger partial charge in [0, 0.05) is 5.75 Å².